The first kappa shape index (κ1) is 21.3. The Balaban J connectivity index is 2.43. The second kappa shape index (κ2) is 8.52. The summed E-state index contributed by atoms with van der Waals surface area (Å²) in [6.07, 6.45) is 0. The van der Waals surface area contributed by atoms with Crippen LogP contribution >= 0.6 is 11.1 Å². The molecule has 0 atom stereocenters. The standard InChI is InChI=1S/C24H27ClO3Si/c1-16-7-10-19(26-4)13-22(16)29(25,23-14-20(27-5)11-8-17(23)2)24-15-21(28-6)12-9-18(24)3/h7-15H,1-6H3. The highest BCUT2D eigenvalue weighted by Crippen LogP contribution is 2.24. The van der Waals surface area contributed by atoms with E-state index in [9.17, 15) is 0 Å². The second-order valence-corrected chi connectivity index (χ2v) is 11.8. The van der Waals surface area contributed by atoms with Gasteiger partial charge in [0.1, 0.15) is 17.2 Å². The lowest BCUT2D eigenvalue weighted by atomic mass is 10.2. The number of hydrogen-bond acceptors (Lipinski definition) is 3. The van der Waals surface area contributed by atoms with Crippen LogP contribution in [-0.4, -0.2) is 28.7 Å². The summed E-state index contributed by atoms with van der Waals surface area (Å²) in [5, 5.41) is 3.31. The van der Waals surface area contributed by atoms with Gasteiger partial charge in [0.2, 0.25) is 7.38 Å². The lowest BCUT2D eigenvalue weighted by Crippen LogP contribution is -2.65. The minimum absolute atomic E-state index is 0.796. The monoisotopic (exact) mass is 426 g/mol. The topological polar surface area (TPSA) is 27.7 Å². The number of rotatable bonds is 6. The molecule has 5 heteroatoms. The maximum atomic E-state index is 7.79. The van der Waals surface area contributed by atoms with Gasteiger partial charge >= 0.3 is 0 Å². The number of benzene rings is 3. The first-order chi connectivity index (χ1) is 13.8. The molecule has 3 aromatic carbocycles. The molecule has 152 valence electrons. The van der Waals surface area contributed by atoms with E-state index in [1.54, 1.807) is 21.3 Å². The molecule has 29 heavy (non-hydrogen) atoms. The molecule has 0 saturated heterocycles. The lowest BCUT2D eigenvalue weighted by Gasteiger charge is -2.31. The molecule has 0 aromatic heterocycles. The van der Waals surface area contributed by atoms with Gasteiger partial charge in [-0.15, -0.1) is 11.1 Å². The molecule has 0 bridgehead atoms. The van der Waals surface area contributed by atoms with E-state index in [2.05, 4.69) is 57.2 Å². The van der Waals surface area contributed by atoms with Crippen molar-refractivity contribution in [1.29, 1.82) is 0 Å². The van der Waals surface area contributed by atoms with Crippen LogP contribution in [0, 0.1) is 20.8 Å². The van der Waals surface area contributed by atoms with Gasteiger partial charge in [0.25, 0.3) is 0 Å². The van der Waals surface area contributed by atoms with Crippen molar-refractivity contribution in [2.75, 3.05) is 21.3 Å². The van der Waals surface area contributed by atoms with Gasteiger partial charge in [0.05, 0.1) is 21.3 Å². The highest BCUT2D eigenvalue weighted by Gasteiger charge is 2.42. The Labute approximate surface area is 178 Å². The molecule has 0 aliphatic carbocycles. The summed E-state index contributed by atoms with van der Waals surface area (Å²) in [6, 6.07) is 18.4. The van der Waals surface area contributed by atoms with Gasteiger partial charge < -0.3 is 14.2 Å². The van der Waals surface area contributed by atoms with Crippen LogP contribution in [0.2, 0.25) is 0 Å². The first-order valence-corrected chi connectivity index (χ1v) is 12.5. The number of methoxy groups -OCH3 is 3. The van der Waals surface area contributed by atoms with E-state index in [1.165, 1.54) is 0 Å². The average molecular weight is 427 g/mol. The van der Waals surface area contributed by atoms with E-state index in [1.807, 2.05) is 18.2 Å². The summed E-state index contributed by atoms with van der Waals surface area (Å²) in [6.45, 7) is 6.30. The molecule has 0 amide bonds. The van der Waals surface area contributed by atoms with Gasteiger partial charge in [0.15, 0.2) is 0 Å². The second-order valence-electron chi connectivity index (χ2n) is 7.20. The summed E-state index contributed by atoms with van der Waals surface area (Å²) >= 11 is 7.79. The molecule has 0 saturated carbocycles. The van der Waals surface area contributed by atoms with Gasteiger partial charge in [-0.3, -0.25) is 0 Å². The van der Waals surface area contributed by atoms with Gasteiger partial charge in [-0.05, 0) is 89.4 Å². The average Bonchev–Trinajstić information content (AvgIpc) is 2.74. The van der Waals surface area contributed by atoms with Gasteiger partial charge in [-0.1, -0.05) is 18.2 Å². The molecule has 0 heterocycles. The van der Waals surface area contributed by atoms with Crippen molar-refractivity contribution in [2.45, 2.75) is 20.8 Å². The lowest BCUT2D eigenvalue weighted by molar-refractivity contribution is 0.415. The molecule has 0 fully saturated rings. The fourth-order valence-electron chi connectivity index (χ4n) is 3.73. The Hall–Kier alpha value is -2.43. The summed E-state index contributed by atoms with van der Waals surface area (Å²) in [4.78, 5) is 0. The third-order valence-corrected chi connectivity index (χ3v) is 11.1. The third-order valence-electron chi connectivity index (χ3n) is 5.45. The van der Waals surface area contributed by atoms with Crippen LogP contribution < -0.4 is 29.8 Å². The van der Waals surface area contributed by atoms with Crippen LogP contribution in [0.25, 0.3) is 0 Å². The van der Waals surface area contributed by atoms with Crippen LogP contribution in [0.15, 0.2) is 54.6 Å². The minimum atomic E-state index is -2.92. The summed E-state index contributed by atoms with van der Waals surface area (Å²) < 4.78 is 16.6. The number of hydrogen-bond donors (Lipinski definition) is 0. The Morgan fingerprint density at radius 3 is 1.07 bits per heavy atom. The Morgan fingerprint density at radius 2 is 0.828 bits per heavy atom. The molecular formula is C24H27ClO3Si. The fraction of sp³-hybridized carbons (Fsp3) is 0.250. The Bertz CT molecular complexity index is 903. The van der Waals surface area contributed by atoms with E-state index < -0.39 is 7.38 Å². The molecule has 3 aromatic rings. The predicted octanol–water partition coefficient (Wildman–Crippen LogP) is 3.84. The summed E-state index contributed by atoms with van der Waals surface area (Å²) in [5.74, 6) is 2.39. The van der Waals surface area contributed by atoms with Crippen molar-refractivity contribution in [3.05, 3.63) is 71.3 Å². The normalized spacial score (nSPS) is 11.3. The zero-order valence-electron chi connectivity index (χ0n) is 17.8. The van der Waals surface area contributed by atoms with Gasteiger partial charge in [-0.25, -0.2) is 0 Å². The molecule has 0 spiro atoms. The van der Waals surface area contributed by atoms with Crippen LogP contribution in [0.5, 0.6) is 17.2 Å². The van der Waals surface area contributed by atoms with Crippen LogP contribution in [0.4, 0.5) is 0 Å². The van der Waals surface area contributed by atoms with Crippen molar-refractivity contribution >= 4 is 34.0 Å². The van der Waals surface area contributed by atoms with Gasteiger partial charge in [0, 0.05) is 0 Å². The third kappa shape index (κ3) is 3.87. The van der Waals surface area contributed by atoms with Crippen LogP contribution in [0.3, 0.4) is 0 Å². The van der Waals surface area contributed by atoms with Crippen molar-refractivity contribution in [3.8, 4) is 17.2 Å². The van der Waals surface area contributed by atoms with Crippen LogP contribution in [-0.2, 0) is 0 Å². The van der Waals surface area contributed by atoms with Crippen molar-refractivity contribution in [2.24, 2.45) is 0 Å². The maximum Gasteiger partial charge on any atom is 0.249 e. The molecule has 3 nitrogen and oxygen atoms in total. The number of aryl methyl sites for hydroxylation is 3. The van der Waals surface area contributed by atoms with Crippen molar-refractivity contribution in [1.82, 2.24) is 0 Å². The highest BCUT2D eigenvalue weighted by molar-refractivity contribution is 7.40. The first-order valence-electron chi connectivity index (χ1n) is 9.49. The minimum Gasteiger partial charge on any atom is -0.497 e. The quantitative estimate of drug-likeness (QED) is 0.340. The van der Waals surface area contributed by atoms with E-state index in [-0.39, 0.29) is 0 Å². The molecule has 3 rings (SSSR count). The highest BCUT2D eigenvalue weighted by atomic mass is 35.6. The van der Waals surface area contributed by atoms with Crippen LogP contribution in [0.1, 0.15) is 16.7 Å². The van der Waals surface area contributed by atoms with Crippen molar-refractivity contribution in [3.63, 3.8) is 0 Å². The largest absolute Gasteiger partial charge is 0.497 e. The predicted molar refractivity (Wildman–Crippen MR) is 124 cm³/mol. The SMILES string of the molecule is COc1ccc(C)c([Si](Cl)(c2cc(OC)ccc2C)c2cc(OC)ccc2C)c1. The zero-order valence-corrected chi connectivity index (χ0v) is 19.6. The molecule has 0 aliphatic heterocycles. The fourth-order valence-corrected chi connectivity index (χ4v) is 9.34. The number of ether oxygens (including phenoxy) is 3. The molecule has 0 aliphatic rings. The zero-order chi connectivity index (χ0) is 21.2. The van der Waals surface area contributed by atoms with E-state index in [0.717, 1.165) is 49.5 Å². The smallest absolute Gasteiger partial charge is 0.249 e. The molecule has 0 N–H and O–H groups in total. The Morgan fingerprint density at radius 1 is 0.552 bits per heavy atom. The summed E-state index contributed by atoms with van der Waals surface area (Å²) in [5.41, 5.74) is 3.41. The Kier molecular flexibility index (Phi) is 6.25. The molecular weight excluding hydrogens is 400 g/mol. The van der Waals surface area contributed by atoms with Crippen molar-refractivity contribution < 1.29 is 14.2 Å². The summed E-state index contributed by atoms with van der Waals surface area (Å²) in [7, 11) is 2.12. The number of halogens is 1. The maximum absolute atomic E-state index is 7.79. The van der Waals surface area contributed by atoms with E-state index in [4.69, 9.17) is 25.3 Å². The van der Waals surface area contributed by atoms with Gasteiger partial charge in [-0.2, -0.15) is 0 Å². The molecule has 0 unspecified atom stereocenters. The van der Waals surface area contributed by atoms with E-state index >= 15 is 0 Å². The van der Waals surface area contributed by atoms with E-state index in [0.29, 0.717) is 0 Å². The molecule has 0 radical (unpaired) electrons.